The number of carboxylic acids is 1. The summed E-state index contributed by atoms with van der Waals surface area (Å²) in [5.41, 5.74) is 4.63. The number of fused-ring (bicyclic) bond motifs is 1. The van der Waals surface area contributed by atoms with Crippen LogP contribution >= 0.6 is 0 Å². The zero-order chi connectivity index (χ0) is 21.6. The first kappa shape index (κ1) is 19.8. The van der Waals surface area contributed by atoms with E-state index in [1.54, 1.807) is 53.4 Å². The summed E-state index contributed by atoms with van der Waals surface area (Å²) in [6, 6.07) is 19.4. The Labute approximate surface area is 177 Å². The minimum absolute atomic E-state index is 0.183. The van der Waals surface area contributed by atoms with Gasteiger partial charge in [-0.25, -0.2) is 10.2 Å². The second-order valence-corrected chi connectivity index (χ2v) is 6.57. The Hall–Kier alpha value is -4.46. The van der Waals surface area contributed by atoms with Gasteiger partial charge in [0.05, 0.1) is 17.5 Å². The minimum Gasteiger partial charge on any atom is -0.481 e. The highest BCUT2D eigenvalue weighted by atomic mass is 16.5. The number of hydrazone groups is 1. The Morgan fingerprint density at radius 2 is 1.94 bits per heavy atom. The van der Waals surface area contributed by atoms with Gasteiger partial charge in [0.2, 0.25) is 0 Å². The van der Waals surface area contributed by atoms with Gasteiger partial charge in [0, 0.05) is 23.5 Å². The molecule has 4 rings (SSSR count). The number of amides is 1. The molecule has 2 heterocycles. The molecule has 154 valence electrons. The number of aromatic carboxylic acids is 1. The van der Waals surface area contributed by atoms with Crippen molar-refractivity contribution in [2.45, 2.75) is 0 Å². The highest BCUT2D eigenvalue weighted by Gasteiger charge is 2.08. The van der Waals surface area contributed by atoms with E-state index in [4.69, 9.17) is 4.74 Å². The van der Waals surface area contributed by atoms with Crippen LogP contribution in [0.1, 0.15) is 16.1 Å². The standard InChI is InChI=1S/C23H18N4O4/c28-21(15-31-20-10-2-5-16-7-3-11-24-22(16)20)26-25-14-19-9-4-12-27(19)18-8-1-6-17(13-18)23(29)30/h1-14H,15H2,(H,26,28)(H,29,30)/b25-14-. The Morgan fingerprint density at radius 1 is 1.10 bits per heavy atom. The fraction of sp³-hybridized carbons (Fsp3) is 0.0435. The molecule has 0 aliphatic heterocycles. The quantitative estimate of drug-likeness (QED) is 0.357. The number of carboxylic acid groups (broad SMARTS) is 1. The average molecular weight is 414 g/mol. The number of pyridine rings is 1. The molecule has 8 nitrogen and oxygen atoms in total. The van der Waals surface area contributed by atoms with Gasteiger partial charge in [0.25, 0.3) is 5.91 Å². The topological polar surface area (TPSA) is 106 Å². The van der Waals surface area contributed by atoms with Crippen LogP contribution in [-0.2, 0) is 4.79 Å². The van der Waals surface area contributed by atoms with E-state index in [9.17, 15) is 14.7 Å². The molecule has 4 aromatic rings. The predicted molar refractivity (Wildman–Crippen MR) is 116 cm³/mol. The lowest BCUT2D eigenvalue weighted by Gasteiger charge is -2.08. The molecule has 0 aliphatic rings. The second kappa shape index (κ2) is 8.91. The van der Waals surface area contributed by atoms with Crippen molar-refractivity contribution >= 4 is 29.0 Å². The van der Waals surface area contributed by atoms with E-state index < -0.39 is 11.9 Å². The van der Waals surface area contributed by atoms with Gasteiger partial charge in [-0.15, -0.1) is 0 Å². The van der Waals surface area contributed by atoms with Crippen molar-refractivity contribution in [1.29, 1.82) is 0 Å². The van der Waals surface area contributed by atoms with Crippen LogP contribution in [-0.4, -0.2) is 39.4 Å². The van der Waals surface area contributed by atoms with Crippen LogP contribution in [0.5, 0.6) is 5.75 Å². The summed E-state index contributed by atoms with van der Waals surface area (Å²) in [5, 5.41) is 14.1. The largest absolute Gasteiger partial charge is 0.481 e. The van der Waals surface area contributed by atoms with Crippen molar-refractivity contribution in [3.8, 4) is 11.4 Å². The van der Waals surface area contributed by atoms with E-state index in [0.29, 0.717) is 22.6 Å². The normalized spacial score (nSPS) is 11.0. The number of carbonyl (C=O) groups excluding carboxylic acids is 1. The van der Waals surface area contributed by atoms with Gasteiger partial charge in [0.1, 0.15) is 11.3 Å². The van der Waals surface area contributed by atoms with Crippen LogP contribution in [0.15, 0.2) is 84.2 Å². The molecular formula is C23H18N4O4. The molecule has 2 N–H and O–H groups in total. The fourth-order valence-corrected chi connectivity index (χ4v) is 3.06. The van der Waals surface area contributed by atoms with Gasteiger partial charge < -0.3 is 14.4 Å². The molecule has 1 amide bonds. The van der Waals surface area contributed by atoms with Crippen LogP contribution in [0, 0.1) is 0 Å². The molecule has 0 unspecified atom stereocenters. The summed E-state index contributed by atoms with van der Waals surface area (Å²) in [6.45, 7) is -0.214. The number of benzene rings is 2. The molecule has 31 heavy (non-hydrogen) atoms. The zero-order valence-electron chi connectivity index (χ0n) is 16.3. The van der Waals surface area contributed by atoms with E-state index in [0.717, 1.165) is 5.39 Å². The highest BCUT2D eigenvalue weighted by Crippen LogP contribution is 2.22. The lowest BCUT2D eigenvalue weighted by molar-refractivity contribution is -0.123. The van der Waals surface area contributed by atoms with Gasteiger partial charge in [0.15, 0.2) is 6.61 Å². The molecule has 8 heteroatoms. The summed E-state index contributed by atoms with van der Waals surface area (Å²) in [6.07, 6.45) is 4.92. The number of rotatable bonds is 7. The fourth-order valence-electron chi connectivity index (χ4n) is 3.06. The van der Waals surface area contributed by atoms with Crippen molar-refractivity contribution < 1.29 is 19.4 Å². The van der Waals surface area contributed by atoms with Crippen LogP contribution < -0.4 is 10.2 Å². The van der Waals surface area contributed by atoms with E-state index in [1.165, 1.54) is 12.3 Å². The SMILES string of the molecule is O=C(COc1cccc2cccnc12)N/N=C\c1cccn1-c1cccc(C(=O)O)c1. The Balaban J connectivity index is 1.39. The number of ether oxygens (including phenoxy) is 1. The Morgan fingerprint density at radius 3 is 2.81 bits per heavy atom. The molecule has 0 saturated carbocycles. The van der Waals surface area contributed by atoms with E-state index >= 15 is 0 Å². The summed E-state index contributed by atoms with van der Waals surface area (Å²) < 4.78 is 7.35. The second-order valence-electron chi connectivity index (χ2n) is 6.57. The van der Waals surface area contributed by atoms with Crippen molar-refractivity contribution in [1.82, 2.24) is 15.0 Å². The molecule has 0 bridgehead atoms. The number of hydrogen-bond donors (Lipinski definition) is 2. The summed E-state index contributed by atoms with van der Waals surface area (Å²) in [7, 11) is 0. The maximum absolute atomic E-state index is 12.1. The number of nitrogens with one attached hydrogen (secondary N) is 1. The van der Waals surface area contributed by atoms with Crippen LogP contribution in [0.3, 0.4) is 0 Å². The molecule has 0 fully saturated rings. The molecule has 0 spiro atoms. The molecule has 0 atom stereocenters. The van der Waals surface area contributed by atoms with E-state index in [-0.39, 0.29) is 12.2 Å². The van der Waals surface area contributed by atoms with Gasteiger partial charge >= 0.3 is 5.97 Å². The van der Waals surface area contributed by atoms with Gasteiger partial charge in [-0.3, -0.25) is 9.78 Å². The van der Waals surface area contributed by atoms with Crippen molar-refractivity contribution in [3.05, 3.63) is 90.4 Å². The number of hydrogen-bond acceptors (Lipinski definition) is 5. The third kappa shape index (κ3) is 4.59. The molecule has 2 aromatic carbocycles. The summed E-state index contributed by atoms with van der Waals surface area (Å²) >= 11 is 0. The monoisotopic (exact) mass is 414 g/mol. The number of para-hydroxylation sites is 1. The van der Waals surface area contributed by atoms with Crippen LogP contribution in [0.2, 0.25) is 0 Å². The molecule has 2 aromatic heterocycles. The van der Waals surface area contributed by atoms with E-state index in [2.05, 4.69) is 15.5 Å². The van der Waals surface area contributed by atoms with Gasteiger partial charge in [-0.2, -0.15) is 5.10 Å². The Kier molecular flexibility index (Phi) is 5.70. The lowest BCUT2D eigenvalue weighted by Crippen LogP contribution is -2.24. The first-order chi connectivity index (χ1) is 15.1. The maximum Gasteiger partial charge on any atom is 0.335 e. The number of carbonyl (C=O) groups is 2. The molecule has 0 saturated heterocycles. The van der Waals surface area contributed by atoms with Crippen LogP contribution in [0.25, 0.3) is 16.6 Å². The summed E-state index contributed by atoms with van der Waals surface area (Å²) in [5.74, 6) is -0.905. The molecule has 0 radical (unpaired) electrons. The van der Waals surface area contributed by atoms with Gasteiger partial charge in [-0.1, -0.05) is 24.3 Å². The van der Waals surface area contributed by atoms with Crippen molar-refractivity contribution in [2.75, 3.05) is 6.61 Å². The third-order valence-corrected chi connectivity index (χ3v) is 4.49. The maximum atomic E-state index is 12.1. The smallest absolute Gasteiger partial charge is 0.335 e. The van der Waals surface area contributed by atoms with Crippen molar-refractivity contribution in [3.63, 3.8) is 0 Å². The first-order valence-corrected chi connectivity index (χ1v) is 9.41. The average Bonchev–Trinajstić information content (AvgIpc) is 3.26. The zero-order valence-corrected chi connectivity index (χ0v) is 16.3. The number of nitrogens with zero attached hydrogens (tertiary/aromatic N) is 3. The minimum atomic E-state index is -1.00. The number of aromatic nitrogens is 2. The van der Waals surface area contributed by atoms with Crippen molar-refractivity contribution in [2.24, 2.45) is 5.10 Å². The molecule has 0 aliphatic carbocycles. The van der Waals surface area contributed by atoms with Crippen LogP contribution in [0.4, 0.5) is 0 Å². The highest BCUT2D eigenvalue weighted by molar-refractivity contribution is 5.88. The lowest BCUT2D eigenvalue weighted by atomic mass is 10.2. The Bertz CT molecular complexity index is 1270. The summed E-state index contributed by atoms with van der Waals surface area (Å²) in [4.78, 5) is 27.6. The first-order valence-electron chi connectivity index (χ1n) is 9.41. The van der Waals surface area contributed by atoms with E-state index in [1.807, 2.05) is 24.3 Å². The molecular weight excluding hydrogens is 396 g/mol. The predicted octanol–water partition coefficient (Wildman–Crippen LogP) is 3.25. The third-order valence-electron chi connectivity index (χ3n) is 4.49. The van der Waals surface area contributed by atoms with Gasteiger partial charge in [-0.05, 0) is 42.5 Å².